The number of ether oxygens (including phenoxy) is 6. The van der Waals surface area contributed by atoms with Gasteiger partial charge < -0.3 is 43.7 Å². The molecule has 2 amide bonds. The monoisotopic (exact) mass is 950 g/mol. The van der Waals surface area contributed by atoms with Crippen molar-refractivity contribution in [3.8, 4) is 23.0 Å². The second-order valence-corrected chi connectivity index (χ2v) is 16.6. The number of aliphatic carboxylic acids is 1. The number of carbonyl (C=O) groups excluding carboxylic acids is 3. The van der Waals surface area contributed by atoms with Gasteiger partial charge in [0.15, 0.2) is 28.8 Å². The molecule has 6 aromatic rings. The Labute approximate surface area is 395 Å². The van der Waals surface area contributed by atoms with Crippen LogP contribution in [0.1, 0.15) is 65.2 Å². The maximum absolute atomic E-state index is 14.3. The van der Waals surface area contributed by atoms with Gasteiger partial charge in [0.25, 0.3) is 5.91 Å². The number of nitrogens with zero attached hydrogens (tertiary/aromatic N) is 2. The van der Waals surface area contributed by atoms with Crippen molar-refractivity contribution in [2.45, 2.75) is 51.7 Å². The highest BCUT2D eigenvalue weighted by Gasteiger charge is 2.31. The fourth-order valence-corrected chi connectivity index (χ4v) is 7.09. The first-order valence-corrected chi connectivity index (χ1v) is 21.8. The van der Waals surface area contributed by atoms with E-state index in [1.54, 1.807) is 108 Å². The number of anilines is 1. The summed E-state index contributed by atoms with van der Waals surface area (Å²) in [5, 5.41) is 20.2. The molecule has 16 nitrogen and oxygen atoms in total. The quantitative estimate of drug-likeness (QED) is 0.0372. The summed E-state index contributed by atoms with van der Waals surface area (Å²) in [6, 6.07) is 33.7. The minimum atomic E-state index is -1.60. The second kappa shape index (κ2) is 23.0. The topological polar surface area (TPSA) is 202 Å². The van der Waals surface area contributed by atoms with E-state index in [4.69, 9.17) is 44.9 Å². The van der Waals surface area contributed by atoms with Crippen molar-refractivity contribution in [3.05, 3.63) is 165 Å². The van der Waals surface area contributed by atoms with Gasteiger partial charge in [0.05, 0.1) is 24.8 Å². The van der Waals surface area contributed by atoms with E-state index >= 15 is 0 Å². The van der Waals surface area contributed by atoms with Gasteiger partial charge >= 0.3 is 18.0 Å². The van der Waals surface area contributed by atoms with Crippen LogP contribution >= 0.6 is 22.9 Å². The third-order valence-corrected chi connectivity index (χ3v) is 10.5. The maximum Gasteiger partial charge on any atom is 0.413 e. The normalized spacial score (nSPS) is 11.8. The van der Waals surface area contributed by atoms with Crippen LogP contribution in [-0.2, 0) is 37.1 Å². The molecule has 1 aromatic heterocycles. The summed E-state index contributed by atoms with van der Waals surface area (Å²) in [4.78, 5) is 62.9. The number of esters is 1. The van der Waals surface area contributed by atoms with E-state index in [1.807, 2.05) is 36.4 Å². The number of benzene rings is 5. The van der Waals surface area contributed by atoms with Crippen LogP contribution in [0.5, 0.6) is 23.0 Å². The molecule has 18 heteroatoms. The van der Waals surface area contributed by atoms with Crippen LogP contribution < -0.4 is 29.6 Å². The van der Waals surface area contributed by atoms with Gasteiger partial charge in [0, 0.05) is 5.38 Å². The van der Waals surface area contributed by atoms with Gasteiger partial charge in [-0.25, -0.2) is 19.4 Å². The van der Waals surface area contributed by atoms with Gasteiger partial charge in [-0.1, -0.05) is 102 Å². The van der Waals surface area contributed by atoms with Crippen LogP contribution in [0.4, 0.5) is 9.93 Å². The van der Waals surface area contributed by atoms with E-state index in [9.17, 15) is 24.3 Å². The van der Waals surface area contributed by atoms with Crippen molar-refractivity contribution in [1.82, 2.24) is 10.3 Å². The first-order valence-electron chi connectivity index (χ1n) is 20.6. The van der Waals surface area contributed by atoms with Crippen LogP contribution in [0.2, 0.25) is 5.02 Å². The molecule has 0 aliphatic carbocycles. The van der Waals surface area contributed by atoms with Gasteiger partial charge in [-0.3, -0.25) is 10.1 Å². The number of rotatable bonds is 20. The van der Waals surface area contributed by atoms with Gasteiger partial charge in [-0.2, -0.15) is 0 Å². The minimum absolute atomic E-state index is 0.0261. The van der Waals surface area contributed by atoms with E-state index in [1.165, 1.54) is 17.5 Å². The number of aromatic nitrogens is 1. The summed E-state index contributed by atoms with van der Waals surface area (Å²) in [6.07, 6.45) is -1.73. The third-order valence-electron chi connectivity index (χ3n) is 9.38. The van der Waals surface area contributed by atoms with Crippen molar-refractivity contribution in [2.24, 2.45) is 5.16 Å². The summed E-state index contributed by atoms with van der Waals surface area (Å²) in [6.45, 7) is 4.48. The van der Waals surface area contributed by atoms with Crippen LogP contribution in [0.3, 0.4) is 0 Å². The zero-order valence-corrected chi connectivity index (χ0v) is 38.6. The summed E-state index contributed by atoms with van der Waals surface area (Å²) in [7, 11) is 3.13. The molecule has 3 N–H and O–H groups in total. The number of carboxylic acids is 1. The third kappa shape index (κ3) is 13.9. The lowest BCUT2D eigenvalue weighted by molar-refractivity contribution is -0.151. The number of methoxy groups -OCH3 is 2. The average Bonchev–Trinajstić information content (AvgIpc) is 3.78. The molecule has 0 saturated carbocycles. The molecule has 0 saturated heterocycles. The molecule has 1 heterocycles. The maximum atomic E-state index is 14.3. The van der Waals surface area contributed by atoms with Crippen LogP contribution in [0.15, 0.2) is 132 Å². The molecule has 0 bridgehead atoms. The van der Waals surface area contributed by atoms with Crippen molar-refractivity contribution in [3.63, 3.8) is 0 Å². The van der Waals surface area contributed by atoms with Gasteiger partial charge in [-0.15, -0.1) is 11.3 Å². The van der Waals surface area contributed by atoms with Crippen molar-refractivity contribution in [2.75, 3.05) is 26.1 Å². The molecule has 0 aliphatic rings. The number of nitrogens with one attached hydrogen (secondary N) is 2. The SMILES string of the molecule is COc1ccc(COc2ccc(C(=O)N[C@@H](CO/N=C(\C(=O)O)c3csc(NC(=O)OC(C)(C)C)n3)C(=O)OC(c3ccccc3)c3ccccc3)c(Cl)c2OCc2ccc(OC)cc2)cc1. The number of carbonyl (C=O) groups is 4. The summed E-state index contributed by atoms with van der Waals surface area (Å²) >= 11 is 7.91. The number of amides is 2. The highest BCUT2D eigenvalue weighted by Crippen LogP contribution is 2.39. The van der Waals surface area contributed by atoms with Crippen molar-refractivity contribution < 1.29 is 57.5 Å². The first kappa shape index (κ1) is 48.8. The Kier molecular flexibility index (Phi) is 16.8. The Bertz CT molecular complexity index is 2620. The second-order valence-electron chi connectivity index (χ2n) is 15.4. The fourth-order valence-electron chi connectivity index (χ4n) is 6.11. The fraction of sp³-hybridized carbons (Fsp3) is 0.224. The first-order chi connectivity index (χ1) is 32.2. The summed E-state index contributed by atoms with van der Waals surface area (Å²) in [5.74, 6) is -1.75. The number of hydrogen-bond donors (Lipinski definition) is 3. The zero-order valence-electron chi connectivity index (χ0n) is 37.0. The van der Waals surface area contributed by atoms with Crippen LogP contribution in [0, 0.1) is 0 Å². The minimum Gasteiger partial charge on any atom is -0.497 e. The average molecular weight is 951 g/mol. The standard InChI is InChI=1S/C49H47ClN4O12S/c1-49(2,3)66-48(59)53-47-52-38(29-67-47)41(45(56)57)54-64-28-37(46(58)65-42(32-12-8-6-9-13-32)33-14-10-7-11-15-33)51-44(55)36-24-25-39(62-26-30-16-20-34(60-4)21-17-30)43(40(36)50)63-27-31-18-22-35(61-5)23-19-31/h6-25,29,37,42H,26-28H2,1-5H3,(H,51,55)(H,56,57)(H,52,53,59)/b54-41-/t37-/m0/s1. The van der Waals surface area contributed by atoms with Gasteiger partial charge in [0.1, 0.15) is 42.6 Å². The molecule has 67 heavy (non-hydrogen) atoms. The predicted octanol–water partition coefficient (Wildman–Crippen LogP) is 9.26. The molecule has 5 aromatic carbocycles. The molecule has 1 atom stereocenters. The summed E-state index contributed by atoms with van der Waals surface area (Å²) in [5.41, 5.74) is 1.10. The van der Waals surface area contributed by atoms with E-state index in [0.717, 1.165) is 22.5 Å². The number of carboxylic acid groups (broad SMARTS) is 1. The Balaban J connectivity index is 1.29. The lowest BCUT2D eigenvalue weighted by Crippen LogP contribution is -2.45. The zero-order chi connectivity index (χ0) is 47.9. The van der Waals surface area contributed by atoms with E-state index in [0.29, 0.717) is 22.6 Å². The van der Waals surface area contributed by atoms with E-state index < -0.39 is 54.0 Å². The number of oxime groups is 1. The molecule has 0 fully saturated rings. The smallest absolute Gasteiger partial charge is 0.413 e. The molecule has 0 spiro atoms. The molecule has 348 valence electrons. The molecule has 0 radical (unpaired) electrons. The molecular formula is C49H47ClN4O12S. The summed E-state index contributed by atoms with van der Waals surface area (Å²) < 4.78 is 34.3. The molecular weight excluding hydrogens is 904 g/mol. The Morgan fingerprint density at radius 3 is 1.88 bits per heavy atom. The number of halogens is 1. The number of thiazole rings is 1. The molecule has 6 rings (SSSR count). The van der Waals surface area contributed by atoms with Crippen molar-refractivity contribution in [1.29, 1.82) is 0 Å². The Hall–Kier alpha value is -7.63. The number of hydrogen-bond acceptors (Lipinski definition) is 14. The predicted molar refractivity (Wildman–Crippen MR) is 250 cm³/mol. The highest BCUT2D eigenvalue weighted by atomic mass is 35.5. The van der Waals surface area contributed by atoms with E-state index in [-0.39, 0.29) is 46.1 Å². The Morgan fingerprint density at radius 2 is 1.34 bits per heavy atom. The van der Waals surface area contributed by atoms with Crippen molar-refractivity contribution >= 4 is 57.7 Å². The largest absolute Gasteiger partial charge is 0.497 e. The van der Waals surface area contributed by atoms with Gasteiger partial charge in [-0.05, 0) is 79.4 Å². The van der Waals surface area contributed by atoms with Crippen LogP contribution in [-0.4, -0.2) is 72.2 Å². The Morgan fingerprint density at radius 1 is 0.776 bits per heavy atom. The lowest BCUT2D eigenvalue weighted by atomic mass is 10.0. The highest BCUT2D eigenvalue weighted by molar-refractivity contribution is 7.14. The molecule has 0 aliphatic heterocycles. The van der Waals surface area contributed by atoms with Crippen LogP contribution in [0.25, 0.3) is 0 Å². The van der Waals surface area contributed by atoms with E-state index in [2.05, 4.69) is 20.8 Å². The van der Waals surface area contributed by atoms with Gasteiger partial charge in [0.2, 0.25) is 5.71 Å². The molecule has 0 unspecified atom stereocenters. The lowest BCUT2D eigenvalue weighted by Gasteiger charge is -2.23.